The van der Waals surface area contributed by atoms with Crippen LogP contribution in [-0.2, 0) is 9.53 Å². The van der Waals surface area contributed by atoms with Gasteiger partial charge in [-0.2, -0.15) is 0 Å². The van der Waals surface area contributed by atoms with Gasteiger partial charge in [0.1, 0.15) is 0 Å². The second kappa shape index (κ2) is 5.11. The Hall–Kier alpha value is 0.300. The number of ether oxygens (including phenoxy) is 1. The molecule has 54 valence electrons. The molecule has 0 N–H and O–H groups in total. The minimum Gasteiger partial charge on any atom is -0.465 e. The lowest BCUT2D eigenvalue weighted by Crippen LogP contribution is -2.13. The van der Waals surface area contributed by atoms with Gasteiger partial charge in [-0.25, -0.2) is 4.79 Å². The van der Waals surface area contributed by atoms with Crippen molar-refractivity contribution in [2.75, 3.05) is 12.9 Å². The number of alkyl halides is 1. The Morgan fingerprint density at radius 3 is 2.78 bits per heavy atom. The molecular formula is C5H9BrO2S. The molecule has 0 aromatic rings. The minimum absolute atomic E-state index is 0.204. The molecular weight excluding hydrogens is 204 g/mol. The Kier molecular flexibility index (Phi) is 5.28. The van der Waals surface area contributed by atoms with Gasteiger partial charge < -0.3 is 4.74 Å². The zero-order valence-corrected chi connectivity index (χ0v) is 7.79. The molecule has 0 aliphatic rings. The van der Waals surface area contributed by atoms with Crippen LogP contribution >= 0.6 is 27.7 Å². The van der Waals surface area contributed by atoms with Crippen molar-refractivity contribution in [3.63, 3.8) is 0 Å². The van der Waals surface area contributed by atoms with Gasteiger partial charge in [0.15, 0.2) is 4.16 Å². The number of rotatable bonds is 3. The lowest BCUT2D eigenvalue weighted by atomic mass is 10.8. The smallest absolute Gasteiger partial charge is 0.329 e. The number of esters is 1. The van der Waals surface area contributed by atoms with Gasteiger partial charge in [0.2, 0.25) is 0 Å². The number of halogens is 1. The first kappa shape index (κ1) is 9.30. The number of carbonyl (C=O) groups is 1. The van der Waals surface area contributed by atoms with Crippen LogP contribution in [0.2, 0.25) is 0 Å². The second-order valence-corrected chi connectivity index (χ2v) is 3.77. The van der Waals surface area contributed by atoms with E-state index in [1.54, 1.807) is 6.92 Å². The van der Waals surface area contributed by atoms with Crippen LogP contribution in [0.15, 0.2) is 0 Å². The van der Waals surface area contributed by atoms with Crippen molar-refractivity contribution in [1.82, 2.24) is 0 Å². The molecule has 0 aliphatic heterocycles. The standard InChI is InChI=1S/C5H9BrO2S/c1-3-8-5(7)4(6)9-2/h4H,3H2,1-2H3. The fourth-order valence-corrected chi connectivity index (χ4v) is 0.697. The van der Waals surface area contributed by atoms with Crippen LogP contribution in [-0.4, -0.2) is 23.0 Å². The molecule has 2 nitrogen and oxygen atoms in total. The largest absolute Gasteiger partial charge is 0.465 e. The van der Waals surface area contributed by atoms with Crippen LogP contribution in [0, 0.1) is 0 Å². The first-order valence-corrected chi connectivity index (χ1v) is 4.76. The van der Waals surface area contributed by atoms with E-state index >= 15 is 0 Å². The highest BCUT2D eigenvalue weighted by molar-refractivity contribution is 9.11. The van der Waals surface area contributed by atoms with E-state index in [9.17, 15) is 4.79 Å². The molecule has 0 fully saturated rings. The third-order valence-corrected chi connectivity index (χ3v) is 2.78. The van der Waals surface area contributed by atoms with Crippen molar-refractivity contribution < 1.29 is 9.53 Å². The number of hydrogen-bond donors (Lipinski definition) is 0. The number of carbonyl (C=O) groups excluding carboxylic acids is 1. The molecule has 4 heteroatoms. The van der Waals surface area contributed by atoms with E-state index in [1.165, 1.54) is 11.8 Å². The highest BCUT2D eigenvalue weighted by atomic mass is 79.9. The zero-order valence-electron chi connectivity index (χ0n) is 5.39. The molecule has 0 rings (SSSR count). The molecule has 1 atom stereocenters. The normalized spacial score (nSPS) is 12.8. The summed E-state index contributed by atoms with van der Waals surface area (Å²) in [6, 6.07) is 0. The summed E-state index contributed by atoms with van der Waals surface area (Å²) < 4.78 is 4.48. The van der Waals surface area contributed by atoms with Crippen molar-refractivity contribution in [2.45, 2.75) is 11.1 Å². The van der Waals surface area contributed by atoms with Gasteiger partial charge in [-0.15, -0.1) is 11.8 Å². The summed E-state index contributed by atoms with van der Waals surface area (Å²) in [4.78, 5) is 10.7. The van der Waals surface area contributed by atoms with E-state index in [2.05, 4.69) is 20.7 Å². The Labute approximate surface area is 67.5 Å². The van der Waals surface area contributed by atoms with E-state index < -0.39 is 0 Å². The van der Waals surface area contributed by atoms with Crippen molar-refractivity contribution in [2.24, 2.45) is 0 Å². The molecule has 0 radical (unpaired) electrons. The van der Waals surface area contributed by atoms with Gasteiger partial charge in [0, 0.05) is 0 Å². The van der Waals surface area contributed by atoms with Gasteiger partial charge in [-0.1, -0.05) is 15.9 Å². The number of thioether (sulfide) groups is 1. The van der Waals surface area contributed by atoms with E-state index in [4.69, 9.17) is 0 Å². The topological polar surface area (TPSA) is 26.3 Å². The van der Waals surface area contributed by atoms with Crippen LogP contribution in [0.4, 0.5) is 0 Å². The molecule has 0 saturated carbocycles. The van der Waals surface area contributed by atoms with Gasteiger partial charge in [0.05, 0.1) is 6.61 Å². The monoisotopic (exact) mass is 212 g/mol. The average Bonchev–Trinajstić information content (AvgIpc) is 1.87. The minimum atomic E-state index is -0.211. The first-order valence-electron chi connectivity index (χ1n) is 2.55. The maximum Gasteiger partial charge on any atom is 0.329 e. The Morgan fingerprint density at radius 2 is 2.44 bits per heavy atom. The molecule has 0 bridgehead atoms. The Morgan fingerprint density at radius 1 is 1.89 bits per heavy atom. The van der Waals surface area contributed by atoms with Gasteiger partial charge >= 0.3 is 5.97 Å². The average molecular weight is 213 g/mol. The van der Waals surface area contributed by atoms with Gasteiger partial charge in [0.25, 0.3) is 0 Å². The van der Waals surface area contributed by atoms with Gasteiger partial charge in [-0.05, 0) is 13.2 Å². The Balaban J connectivity index is 3.46. The van der Waals surface area contributed by atoms with Crippen LogP contribution in [0.3, 0.4) is 0 Å². The summed E-state index contributed by atoms with van der Waals surface area (Å²) in [5.74, 6) is -0.204. The fraction of sp³-hybridized carbons (Fsp3) is 0.800. The Bertz CT molecular complexity index is 97.0. The molecule has 0 heterocycles. The molecule has 1 unspecified atom stereocenters. The van der Waals surface area contributed by atoms with E-state index in [1.807, 2.05) is 6.26 Å². The molecule has 0 aliphatic carbocycles. The predicted molar refractivity (Wildman–Crippen MR) is 42.9 cm³/mol. The summed E-state index contributed by atoms with van der Waals surface area (Å²) in [6.07, 6.45) is 1.84. The molecule has 0 aromatic carbocycles. The third-order valence-electron chi connectivity index (χ3n) is 0.679. The van der Waals surface area contributed by atoms with E-state index in [0.29, 0.717) is 6.61 Å². The van der Waals surface area contributed by atoms with Crippen LogP contribution in [0.5, 0.6) is 0 Å². The summed E-state index contributed by atoms with van der Waals surface area (Å²) >= 11 is 4.55. The molecule has 0 amide bonds. The number of hydrogen-bond acceptors (Lipinski definition) is 3. The van der Waals surface area contributed by atoms with Crippen molar-refractivity contribution in [1.29, 1.82) is 0 Å². The van der Waals surface area contributed by atoms with E-state index in [-0.39, 0.29) is 10.1 Å². The molecule has 0 aromatic heterocycles. The maximum absolute atomic E-state index is 10.7. The maximum atomic E-state index is 10.7. The SMILES string of the molecule is CCOC(=O)C(Br)SC. The van der Waals surface area contributed by atoms with Crippen LogP contribution in [0.1, 0.15) is 6.92 Å². The quantitative estimate of drug-likeness (QED) is 0.526. The fourth-order valence-electron chi connectivity index (χ4n) is 0.304. The summed E-state index contributed by atoms with van der Waals surface area (Å²) in [5, 5.41) is 0. The van der Waals surface area contributed by atoms with E-state index in [0.717, 1.165) is 0 Å². The summed E-state index contributed by atoms with van der Waals surface area (Å²) in [6.45, 7) is 2.24. The van der Waals surface area contributed by atoms with Crippen molar-refractivity contribution in [3.05, 3.63) is 0 Å². The zero-order chi connectivity index (χ0) is 7.28. The first-order chi connectivity index (χ1) is 4.22. The van der Waals surface area contributed by atoms with Crippen molar-refractivity contribution >= 4 is 33.7 Å². The highest BCUT2D eigenvalue weighted by Crippen LogP contribution is 2.14. The second-order valence-electron chi connectivity index (χ2n) is 1.30. The van der Waals surface area contributed by atoms with Crippen LogP contribution < -0.4 is 0 Å². The molecule has 0 saturated heterocycles. The highest BCUT2D eigenvalue weighted by Gasteiger charge is 2.12. The summed E-state index contributed by atoms with van der Waals surface area (Å²) in [7, 11) is 0. The summed E-state index contributed by atoms with van der Waals surface area (Å²) in [5.41, 5.74) is 0. The third kappa shape index (κ3) is 3.81. The lowest BCUT2D eigenvalue weighted by molar-refractivity contribution is -0.140. The lowest BCUT2D eigenvalue weighted by Gasteiger charge is -2.03. The van der Waals surface area contributed by atoms with Gasteiger partial charge in [-0.3, -0.25) is 0 Å². The van der Waals surface area contributed by atoms with Crippen molar-refractivity contribution in [3.8, 4) is 0 Å². The molecule has 9 heavy (non-hydrogen) atoms. The molecule has 0 spiro atoms. The predicted octanol–water partition coefficient (Wildman–Crippen LogP) is 1.63. The van der Waals surface area contributed by atoms with Crippen LogP contribution in [0.25, 0.3) is 0 Å².